The summed E-state index contributed by atoms with van der Waals surface area (Å²) in [5.74, 6) is 0.648. The molecule has 0 radical (unpaired) electrons. The zero-order valence-corrected chi connectivity index (χ0v) is 18.4. The lowest BCUT2D eigenvalue weighted by Gasteiger charge is -2.31. The van der Waals surface area contributed by atoms with Gasteiger partial charge in [-0.15, -0.1) is 0 Å². The summed E-state index contributed by atoms with van der Waals surface area (Å²) >= 11 is 3.38. The Morgan fingerprint density at radius 3 is 2.32 bits per heavy atom. The van der Waals surface area contributed by atoms with Gasteiger partial charge in [0.1, 0.15) is 5.82 Å². The van der Waals surface area contributed by atoms with E-state index in [1.807, 2.05) is 46.8 Å². The molecule has 1 N–H and O–H groups in total. The molecule has 2 amide bonds. The lowest BCUT2D eigenvalue weighted by molar-refractivity contribution is -0.121. The normalized spacial score (nSPS) is 15.5. The molecular formula is C21H27BrN4O2. The lowest BCUT2D eigenvalue weighted by Crippen LogP contribution is -2.41. The van der Waals surface area contributed by atoms with Crippen LogP contribution in [0, 0.1) is 12.8 Å². The van der Waals surface area contributed by atoms with Crippen LogP contribution in [0.3, 0.4) is 0 Å². The van der Waals surface area contributed by atoms with Gasteiger partial charge in [-0.05, 0) is 64.8 Å². The van der Waals surface area contributed by atoms with Crippen LogP contribution in [0.2, 0.25) is 0 Å². The number of benzene rings is 1. The van der Waals surface area contributed by atoms with E-state index >= 15 is 0 Å². The SMILES string of the molecule is Cc1cc(NC(=O)C2CCN(C(=O)c3ccc(Br)cc3)CC2)n(C(C)(C)C)n1. The third-order valence-electron chi connectivity index (χ3n) is 4.96. The maximum absolute atomic E-state index is 12.8. The van der Waals surface area contributed by atoms with Crippen LogP contribution in [-0.2, 0) is 10.3 Å². The number of aryl methyl sites for hydroxylation is 1. The highest BCUT2D eigenvalue weighted by Gasteiger charge is 2.29. The molecular weight excluding hydrogens is 420 g/mol. The Morgan fingerprint density at radius 2 is 1.75 bits per heavy atom. The monoisotopic (exact) mass is 446 g/mol. The van der Waals surface area contributed by atoms with Crippen molar-refractivity contribution in [1.29, 1.82) is 0 Å². The molecule has 2 heterocycles. The van der Waals surface area contributed by atoms with E-state index in [4.69, 9.17) is 0 Å². The molecule has 0 bridgehead atoms. The van der Waals surface area contributed by atoms with Gasteiger partial charge in [0.15, 0.2) is 0 Å². The molecule has 6 nitrogen and oxygen atoms in total. The van der Waals surface area contributed by atoms with Gasteiger partial charge >= 0.3 is 0 Å². The molecule has 1 fully saturated rings. The molecule has 0 aliphatic carbocycles. The van der Waals surface area contributed by atoms with Crippen LogP contribution in [-0.4, -0.2) is 39.6 Å². The standard InChI is InChI=1S/C21H27BrN4O2/c1-14-13-18(26(24-14)21(2,3)4)23-19(27)15-9-11-25(12-10-15)20(28)16-5-7-17(22)8-6-16/h5-8,13,15H,9-12H2,1-4H3,(H,23,27). The van der Waals surface area contributed by atoms with E-state index in [0.717, 1.165) is 16.0 Å². The van der Waals surface area contributed by atoms with Crippen LogP contribution in [0.4, 0.5) is 5.82 Å². The molecule has 7 heteroatoms. The van der Waals surface area contributed by atoms with Gasteiger partial charge < -0.3 is 10.2 Å². The molecule has 1 aliphatic rings. The number of likely N-dealkylation sites (tertiary alicyclic amines) is 1. The second-order valence-electron chi connectivity index (χ2n) is 8.32. The van der Waals surface area contributed by atoms with Gasteiger partial charge in [-0.3, -0.25) is 9.59 Å². The van der Waals surface area contributed by atoms with Crippen molar-refractivity contribution in [2.45, 2.75) is 46.1 Å². The van der Waals surface area contributed by atoms with Crippen LogP contribution in [0.25, 0.3) is 0 Å². The van der Waals surface area contributed by atoms with E-state index in [2.05, 4.69) is 47.1 Å². The number of halogens is 1. The average Bonchev–Trinajstić information content (AvgIpc) is 3.02. The number of carbonyl (C=O) groups excluding carboxylic acids is 2. The van der Waals surface area contributed by atoms with E-state index in [0.29, 0.717) is 31.5 Å². The number of anilines is 1. The molecule has 1 aliphatic heterocycles. The van der Waals surface area contributed by atoms with Gasteiger partial charge in [-0.1, -0.05) is 15.9 Å². The predicted molar refractivity (Wildman–Crippen MR) is 113 cm³/mol. The number of piperidine rings is 1. The Balaban J connectivity index is 1.60. The molecule has 28 heavy (non-hydrogen) atoms. The summed E-state index contributed by atoms with van der Waals surface area (Å²) in [5.41, 5.74) is 1.34. The molecule has 0 atom stereocenters. The van der Waals surface area contributed by atoms with Crippen molar-refractivity contribution in [3.63, 3.8) is 0 Å². The van der Waals surface area contributed by atoms with Crippen LogP contribution in [0.1, 0.15) is 49.7 Å². The Bertz CT molecular complexity index is 860. The molecule has 0 spiro atoms. The molecule has 150 valence electrons. The van der Waals surface area contributed by atoms with E-state index in [9.17, 15) is 9.59 Å². The first-order chi connectivity index (χ1) is 13.1. The second-order valence-corrected chi connectivity index (χ2v) is 9.23. The fraction of sp³-hybridized carbons (Fsp3) is 0.476. The van der Waals surface area contributed by atoms with Crippen molar-refractivity contribution in [1.82, 2.24) is 14.7 Å². The minimum atomic E-state index is -0.211. The van der Waals surface area contributed by atoms with Crippen molar-refractivity contribution in [3.05, 3.63) is 46.1 Å². The molecule has 1 aromatic heterocycles. The number of nitrogens with one attached hydrogen (secondary N) is 1. The van der Waals surface area contributed by atoms with Crippen molar-refractivity contribution >= 4 is 33.6 Å². The quantitative estimate of drug-likeness (QED) is 0.767. The molecule has 0 saturated carbocycles. The number of carbonyl (C=O) groups is 2. The number of aromatic nitrogens is 2. The van der Waals surface area contributed by atoms with Crippen molar-refractivity contribution in [2.75, 3.05) is 18.4 Å². The van der Waals surface area contributed by atoms with Crippen molar-refractivity contribution in [3.8, 4) is 0 Å². The fourth-order valence-corrected chi connectivity index (χ4v) is 3.71. The van der Waals surface area contributed by atoms with E-state index in [1.165, 1.54) is 0 Å². The van der Waals surface area contributed by atoms with Gasteiger partial charge in [0.25, 0.3) is 5.91 Å². The summed E-state index contributed by atoms with van der Waals surface area (Å²) in [4.78, 5) is 27.2. The Kier molecular flexibility index (Phi) is 5.93. The van der Waals surface area contributed by atoms with Gasteiger partial charge in [-0.25, -0.2) is 4.68 Å². The molecule has 1 saturated heterocycles. The fourth-order valence-electron chi connectivity index (χ4n) is 3.45. The average molecular weight is 447 g/mol. The largest absolute Gasteiger partial charge is 0.339 e. The van der Waals surface area contributed by atoms with Gasteiger partial charge in [0.2, 0.25) is 5.91 Å². The van der Waals surface area contributed by atoms with E-state index < -0.39 is 0 Å². The van der Waals surface area contributed by atoms with Gasteiger partial charge in [0, 0.05) is 35.1 Å². The first-order valence-electron chi connectivity index (χ1n) is 9.58. The molecule has 2 aromatic rings. The smallest absolute Gasteiger partial charge is 0.253 e. The lowest BCUT2D eigenvalue weighted by atomic mass is 9.95. The zero-order chi connectivity index (χ0) is 20.5. The number of nitrogens with zero attached hydrogens (tertiary/aromatic N) is 3. The third-order valence-corrected chi connectivity index (χ3v) is 5.49. The number of hydrogen-bond donors (Lipinski definition) is 1. The number of amides is 2. The first kappa shape index (κ1) is 20.6. The number of rotatable bonds is 3. The third kappa shape index (κ3) is 4.63. The summed E-state index contributed by atoms with van der Waals surface area (Å²) in [6, 6.07) is 9.28. The van der Waals surface area contributed by atoms with Crippen LogP contribution in [0.5, 0.6) is 0 Å². The Hall–Kier alpha value is -2.15. The topological polar surface area (TPSA) is 67.2 Å². The summed E-state index contributed by atoms with van der Waals surface area (Å²) in [6.45, 7) is 9.27. The zero-order valence-electron chi connectivity index (χ0n) is 16.8. The molecule has 0 unspecified atom stereocenters. The predicted octanol–water partition coefficient (Wildman–Crippen LogP) is 4.20. The van der Waals surface area contributed by atoms with Crippen molar-refractivity contribution in [2.24, 2.45) is 5.92 Å². The van der Waals surface area contributed by atoms with Crippen LogP contribution in [0.15, 0.2) is 34.8 Å². The highest BCUT2D eigenvalue weighted by molar-refractivity contribution is 9.10. The number of hydrogen-bond acceptors (Lipinski definition) is 3. The highest BCUT2D eigenvalue weighted by Crippen LogP contribution is 2.25. The maximum Gasteiger partial charge on any atom is 0.253 e. The Labute approximate surface area is 174 Å². The second kappa shape index (κ2) is 8.07. The van der Waals surface area contributed by atoms with Crippen LogP contribution >= 0.6 is 15.9 Å². The highest BCUT2D eigenvalue weighted by atomic mass is 79.9. The van der Waals surface area contributed by atoms with E-state index in [-0.39, 0.29) is 23.3 Å². The summed E-state index contributed by atoms with van der Waals surface area (Å²) in [6.07, 6.45) is 1.33. The van der Waals surface area contributed by atoms with Gasteiger partial charge in [0.05, 0.1) is 11.2 Å². The van der Waals surface area contributed by atoms with Crippen LogP contribution < -0.4 is 5.32 Å². The summed E-state index contributed by atoms with van der Waals surface area (Å²) < 4.78 is 2.80. The minimum absolute atomic E-state index is 0.00106. The first-order valence-corrected chi connectivity index (χ1v) is 10.4. The maximum atomic E-state index is 12.8. The summed E-state index contributed by atoms with van der Waals surface area (Å²) in [5, 5.41) is 7.54. The minimum Gasteiger partial charge on any atom is -0.339 e. The molecule has 1 aromatic carbocycles. The summed E-state index contributed by atoms with van der Waals surface area (Å²) in [7, 11) is 0. The van der Waals surface area contributed by atoms with Crippen molar-refractivity contribution < 1.29 is 9.59 Å². The molecule has 3 rings (SSSR count). The van der Waals surface area contributed by atoms with E-state index in [1.54, 1.807) is 0 Å². The Morgan fingerprint density at radius 1 is 1.14 bits per heavy atom. The van der Waals surface area contributed by atoms with Gasteiger partial charge in [-0.2, -0.15) is 5.10 Å².